The summed E-state index contributed by atoms with van der Waals surface area (Å²) in [4.78, 5) is 15.0. The molecule has 0 bridgehead atoms. The summed E-state index contributed by atoms with van der Waals surface area (Å²) in [5.41, 5.74) is 2.33. The number of fused-ring (bicyclic) bond motifs is 2. The first kappa shape index (κ1) is 21.4. The summed E-state index contributed by atoms with van der Waals surface area (Å²) in [6.07, 6.45) is 1.88. The van der Waals surface area contributed by atoms with Gasteiger partial charge in [0.2, 0.25) is 4.96 Å². The van der Waals surface area contributed by atoms with E-state index in [9.17, 15) is 0 Å². The number of likely N-dealkylation sites (N-methyl/N-ethyl adjacent to an activating group) is 1. The van der Waals surface area contributed by atoms with Crippen molar-refractivity contribution in [3.05, 3.63) is 40.5 Å². The number of furan rings is 1. The van der Waals surface area contributed by atoms with Gasteiger partial charge in [-0.25, -0.2) is 14.5 Å². The summed E-state index contributed by atoms with van der Waals surface area (Å²) < 4.78 is 19.6. The Balaban J connectivity index is 1.25. The average molecular weight is 497 g/mol. The first-order chi connectivity index (χ1) is 16.6. The Hall–Kier alpha value is -3.15. The minimum atomic E-state index is 0.371. The summed E-state index contributed by atoms with van der Waals surface area (Å²) in [6.45, 7) is 6.45. The first-order valence-corrected chi connectivity index (χ1v) is 12.7. The molecule has 5 heterocycles. The van der Waals surface area contributed by atoms with Crippen molar-refractivity contribution in [3.8, 4) is 23.0 Å². The fourth-order valence-corrected chi connectivity index (χ4v) is 5.61. The molecular formula is C23H24N6O3S2. The Bertz CT molecular complexity index is 1430. The highest BCUT2D eigenvalue weighted by molar-refractivity contribution is 7.16. The Morgan fingerprint density at radius 1 is 1.12 bits per heavy atom. The largest absolute Gasteiger partial charge is 0.496 e. The van der Waals surface area contributed by atoms with Crippen molar-refractivity contribution in [1.29, 1.82) is 0 Å². The van der Waals surface area contributed by atoms with Crippen molar-refractivity contribution in [1.82, 2.24) is 24.5 Å². The molecule has 1 aromatic carbocycles. The summed E-state index contributed by atoms with van der Waals surface area (Å²) in [5, 5.41) is 9.39. The highest BCUT2D eigenvalue weighted by Gasteiger charge is 2.19. The number of anilines is 1. The van der Waals surface area contributed by atoms with Crippen molar-refractivity contribution in [2.75, 3.05) is 45.2 Å². The van der Waals surface area contributed by atoms with Crippen molar-refractivity contribution in [2.24, 2.45) is 0 Å². The highest BCUT2D eigenvalue weighted by atomic mass is 32.1. The third-order valence-corrected chi connectivity index (χ3v) is 7.68. The van der Waals surface area contributed by atoms with Gasteiger partial charge < -0.3 is 23.7 Å². The summed E-state index contributed by atoms with van der Waals surface area (Å²) in [5.74, 6) is 2.02. The van der Waals surface area contributed by atoms with Crippen LogP contribution in [0.4, 0.5) is 5.13 Å². The molecule has 0 unspecified atom stereocenters. The van der Waals surface area contributed by atoms with Gasteiger partial charge in [0, 0.05) is 43.7 Å². The lowest BCUT2D eigenvalue weighted by Crippen LogP contribution is -2.44. The van der Waals surface area contributed by atoms with Crippen molar-refractivity contribution < 1.29 is 13.9 Å². The van der Waals surface area contributed by atoms with Crippen LogP contribution < -0.4 is 14.4 Å². The molecule has 5 aromatic rings. The molecule has 0 N–H and O–H groups in total. The number of thiazole rings is 1. The predicted molar refractivity (Wildman–Crippen MR) is 134 cm³/mol. The molecule has 0 atom stereocenters. The second-order valence-corrected chi connectivity index (χ2v) is 10.3. The van der Waals surface area contributed by atoms with E-state index in [1.165, 1.54) is 0 Å². The highest BCUT2D eigenvalue weighted by Crippen LogP contribution is 2.37. The van der Waals surface area contributed by atoms with Crippen molar-refractivity contribution in [3.63, 3.8) is 0 Å². The zero-order valence-corrected chi connectivity index (χ0v) is 20.8. The molecule has 1 fully saturated rings. The number of nitrogens with zero attached hydrogens (tertiary/aromatic N) is 6. The van der Waals surface area contributed by atoms with E-state index in [4.69, 9.17) is 18.9 Å². The number of aromatic nitrogens is 4. The number of imidazole rings is 1. The second-order valence-electron chi connectivity index (χ2n) is 8.32. The SMILES string of the molecule is COc1cc(OCc2csc(N3CCN(C)CC3)n2)c2cc(-c3cn4nc(C)sc4n3)oc2c1. The van der Waals surface area contributed by atoms with Crippen LogP contribution in [0.15, 0.2) is 34.2 Å². The maximum Gasteiger partial charge on any atom is 0.212 e. The fraction of sp³-hybridized carbons (Fsp3) is 0.348. The second kappa shape index (κ2) is 8.57. The average Bonchev–Trinajstić information content (AvgIpc) is 3.60. The molecule has 1 aliphatic rings. The van der Waals surface area contributed by atoms with Crippen LogP contribution in [0.2, 0.25) is 0 Å². The van der Waals surface area contributed by atoms with E-state index in [0.717, 1.165) is 58.1 Å². The minimum Gasteiger partial charge on any atom is -0.496 e. The van der Waals surface area contributed by atoms with E-state index < -0.39 is 0 Å². The molecule has 0 radical (unpaired) electrons. The number of rotatable bonds is 6. The Morgan fingerprint density at radius 2 is 1.97 bits per heavy atom. The van der Waals surface area contributed by atoms with Crippen LogP contribution in [-0.2, 0) is 6.61 Å². The number of hydrogen-bond donors (Lipinski definition) is 0. The monoisotopic (exact) mass is 496 g/mol. The molecule has 4 aromatic heterocycles. The van der Waals surface area contributed by atoms with Gasteiger partial charge in [-0.2, -0.15) is 5.10 Å². The number of benzene rings is 1. The van der Waals surface area contributed by atoms with Gasteiger partial charge in [-0.1, -0.05) is 11.3 Å². The lowest BCUT2D eigenvalue weighted by atomic mass is 10.2. The lowest BCUT2D eigenvalue weighted by molar-refractivity contribution is 0.302. The van der Waals surface area contributed by atoms with Crippen LogP contribution in [0.25, 0.3) is 27.4 Å². The lowest BCUT2D eigenvalue weighted by Gasteiger charge is -2.32. The topological polar surface area (TPSA) is 81.2 Å². The van der Waals surface area contributed by atoms with E-state index in [-0.39, 0.29) is 0 Å². The van der Waals surface area contributed by atoms with Crippen LogP contribution in [0.3, 0.4) is 0 Å². The molecule has 0 saturated carbocycles. The van der Waals surface area contributed by atoms with Crippen LogP contribution in [0.5, 0.6) is 11.5 Å². The maximum atomic E-state index is 6.22. The van der Waals surface area contributed by atoms with E-state index in [1.807, 2.05) is 31.3 Å². The van der Waals surface area contributed by atoms with Gasteiger partial charge in [0.1, 0.15) is 34.4 Å². The van der Waals surface area contributed by atoms with E-state index in [1.54, 1.807) is 34.3 Å². The molecule has 1 aliphatic heterocycles. The quantitative estimate of drug-likeness (QED) is 0.344. The van der Waals surface area contributed by atoms with Gasteiger partial charge in [-0.15, -0.1) is 11.3 Å². The smallest absolute Gasteiger partial charge is 0.212 e. The van der Waals surface area contributed by atoms with Crippen LogP contribution in [0, 0.1) is 6.92 Å². The number of aryl methyl sites for hydroxylation is 1. The summed E-state index contributed by atoms with van der Waals surface area (Å²) >= 11 is 3.21. The summed E-state index contributed by atoms with van der Waals surface area (Å²) in [6, 6.07) is 5.70. The molecular weight excluding hydrogens is 472 g/mol. The standard InChI is InChI=1S/C23H24N6O3S2/c1-14-26-29-11-18(25-23(29)34-14)21-10-17-19(8-16(30-3)9-20(17)32-21)31-12-15-13-33-22(24-15)28-6-4-27(2)5-7-28/h8-11,13H,4-7,12H2,1-3H3. The number of piperazine rings is 1. The third-order valence-electron chi connectivity index (χ3n) is 5.89. The Kier molecular flexibility index (Phi) is 5.39. The molecule has 6 rings (SSSR count). The maximum absolute atomic E-state index is 6.22. The van der Waals surface area contributed by atoms with Crippen molar-refractivity contribution >= 4 is 43.7 Å². The molecule has 11 heteroatoms. The number of hydrogen-bond acceptors (Lipinski definition) is 10. The molecule has 0 amide bonds. The molecule has 0 spiro atoms. The Labute approximate surface area is 204 Å². The molecule has 176 valence electrons. The predicted octanol–water partition coefficient (Wildman–Crippen LogP) is 4.31. The van der Waals surface area contributed by atoms with E-state index in [2.05, 4.69) is 32.3 Å². The zero-order chi connectivity index (χ0) is 23.2. The van der Waals surface area contributed by atoms with Crippen molar-refractivity contribution in [2.45, 2.75) is 13.5 Å². The van der Waals surface area contributed by atoms with Gasteiger partial charge in [0.05, 0.1) is 24.4 Å². The Morgan fingerprint density at radius 3 is 2.76 bits per heavy atom. The number of ether oxygens (including phenoxy) is 2. The minimum absolute atomic E-state index is 0.371. The van der Waals surface area contributed by atoms with E-state index in [0.29, 0.717) is 29.4 Å². The van der Waals surface area contributed by atoms with Gasteiger partial charge >= 0.3 is 0 Å². The molecule has 9 nitrogen and oxygen atoms in total. The molecule has 34 heavy (non-hydrogen) atoms. The third kappa shape index (κ3) is 3.99. The summed E-state index contributed by atoms with van der Waals surface area (Å²) in [7, 11) is 3.79. The molecule has 0 aliphatic carbocycles. The normalized spacial score (nSPS) is 15.0. The fourth-order valence-electron chi connectivity index (χ4n) is 4.02. The number of methoxy groups -OCH3 is 1. The first-order valence-electron chi connectivity index (χ1n) is 11.0. The van der Waals surface area contributed by atoms with Gasteiger partial charge in [-0.3, -0.25) is 0 Å². The molecule has 1 saturated heterocycles. The van der Waals surface area contributed by atoms with Crippen LogP contribution in [0.1, 0.15) is 10.7 Å². The van der Waals surface area contributed by atoms with Crippen LogP contribution >= 0.6 is 22.7 Å². The zero-order valence-electron chi connectivity index (χ0n) is 19.1. The van der Waals surface area contributed by atoms with Gasteiger partial charge in [0.15, 0.2) is 10.9 Å². The van der Waals surface area contributed by atoms with Gasteiger partial charge in [0.25, 0.3) is 0 Å². The van der Waals surface area contributed by atoms with Gasteiger partial charge in [-0.05, 0) is 20.0 Å². The van der Waals surface area contributed by atoms with Crippen LogP contribution in [-0.4, -0.2) is 64.8 Å². The van der Waals surface area contributed by atoms with E-state index >= 15 is 0 Å².